The number of fused-ring (bicyclic) bond motifs is 2. The van der Waals surface area contributed by atoms with E-state index in [1.807, 2.05) is 53.6 Å². The Morgan fingerprint density at radius 3 is 2.16 bits per heavy atom. The van der Waals surface area contributed by atoms with Crippen LogP contribution in [0.3, 0.4) is 0 Å². The lowest BCUT2D eigenvalue weighted by Crippen LogP contribution is -2.60. The first-order valence-corrected chi connectivity index (χ1v) is 17.9. The largest absolute Gasteiger partial charge is 0.488 e. The van der Waals surface area contributed by atoms with Crippen LogP contribution in [0.2, 0.25) is 0 Å². The summed E-state index contributed by atoms with van der Waals surface area (Å²) in [7, 11) is 5.37. The highest BCUT2D eigenvalue weighted by atomic mass is 16.7. The van der Waals surface area contributed by atoms with Crippen molar-refractivity contribution in [2.24, 2.45) is 23.2 Å². The predicted molar refractivity (Wildman–Crippen MR) is 181 cm³/mol. The molecule has 282 valence electrons. The lowest BCUT2D eigenvalue weighted by molar-refractivity contribution is -0.316. The number of methoxy groups -OCH3 is 1. The molecule has 4 aliphatic rings. The van der Waals surface area contributed by atoms with Gasteiger partial charge in [-0.2, -0.15) is 0 Å². The van der Waals surface area contributed by atoms with Gasteiger partial charge in [-0.15, -0.1) is 0 Å². The smallest absolute Gasteiger partial charge is 0.311 e. The number of esters is 1. The predicted octanol–water partition coefficient (Wildman–Crippen LogP) is 3.99. The third-order valence-electron chi connectivity index (χ3n) is 11.9. The molecule has 11 unspecified atom stereocenters. The standard InChI is InChI=1S/C37H63NO11/c1-18-16-37(11)32(48-34-27(39)25(38(12)13)15-19(2)44-34)21(4)29(47-26-17-36(10,43-14)31(41)23(6)45-26)22(5)33(42)46-24(7)35(8,9)30(40)20(3)28(18)49-37/h19-27,29,31-32,34,39,41H,15-17H2,1-14H3/t19-,20+,21+,22?,23+,24?,25?,26?,27?,29?,31?,32?,34?,36?,37?/m1/s1. The summed E-state index contributed by atoms with van der Waals surface area (Å²) in [5.74, 6) is -2.09. The molecule has 3 fully saturated rings. The Labute approximate surface area is 293 Å². The van der Waals surface area contributed by atoms with E-state index in [1.54, 1.807) is 41.5 Å². The van der Waals surface area contributed by atoms with Crippen molar-refractivity contribution in [2.75, 3.05) is 21.2 Å². The summed E-state index contributed by atoms with van der Waals surface area (Å²) in [6, 6.07) is -0.218. The molecule has 0 aromatic rings. The number of Topliss-reactive ketones (excluding diaryl/α,β-unsaturated/α-hetero) is 1. The van der Waals surface area contributed by atoms with Crippen LogP contribution in [0, 0.1) is 23.2 Å². The molecule has 0 aromatic heterocycles. The average molecular weight is 698 g/mol. The van der Waals surface area contributed by atoms with Gasteiger partial charge in [0, 0.05) is 31.9 Å². The molecule has 4 heterocycles. The number of aliphatic hydroxyl groups excluding tert-OH is 2. The van der Waals surface area contributed by atoms with Gasteiger partial charge >= 0.3 is 5.97 Å². The second-order valence-electron chi connectivity index (χ2n) is 16.4. The fraction of sp³-hybridized carbons (Fsp3) is 0.892. The van der Waals surface area contributed by atoms with Crippen LogP contribution in [-0.2, 0) is 42.7 Å². The maximum Gasteiger partial charge on any atom is 0.311 e. The Morgan fingerprint density at radius 2 is 1.57 bits per heavy atom. The van der Waals surface area contributed by atoms with Crippen molar-refractivity contribution < 1.29 is 53.0 Å². The highest BCUT2D eigenvalue weighted by molar-refractivity contribution is 5.89. The van der Waals surface area contributed by atoms with Gasteiger partial charge in [-0.3, -0.25) is 9.59 Å². The summed E-state index contributed by atoms with van der Waals surface area (Å²) in [5, 5.41) is 22.5. The zero-order valence-corrected chi connectivity index (χ0v) is 32.1. The number of ether oxygens (including phenoxy) is 7. The number of aliphatic hydroxyl groups is 2. The van der Waals surface area contributed by atoms with Gasteiger partial charge in [0.2, 0.25) is 0 Å². The van der Waals surface area contributed by atoms with Crippen LogP contribution in [0.4, 0.5) is 0 Å². The van der Waals surface area contributed by atoms with E-state index in [2.05, 4.69) is 0 Å². The third kappa shape index (κ3) is 7.77. The number of likely N-dealkylation sites (N-methyl/N-ethyl adjacent to an activating group) is 1. The molecular weight excluding hydrogens is 634 g/mol. The number of hydrogen-bond acceptors (Lipinski definition) is 12. The maximum absolute atomic E-state index is 14.1. The first kappa shape index (κ1) is 40.1. The van der Waals surface area contributed by atoms with Gasteiger partial charge in [0.25, 0.3) is 0 Å². The van der Waals surface area contributed by atoms with Crippen LogP contribution in [-0.4, -0.2) is 121 Å². The quantitative estimate of drug-likeness (QED) is 0.388. The van der Waals surface area contributed by atoms with E-state index < -0.39 is 89.5 Å². The summed E-state index contributed by atoms with van der Waals surface area (Å²) < 4.78 is 44.7. The Bertz CT molecular complexity index is 1240. The van der Waals surface area contributed by atoms with Gasteiger partial charge in [-0.1, -0.05) is 6.92 Å². The van der Waals surface area contributed by atoms with Gasteiger partial charge in [0.15, 0.2) is 18.4 Å². The SMILES string of the molecule is COC1(C)CC(OC2C(C)C(=O)OC(C)C(C)(C)C(=O)[C@@H](C)C3=C(C)CC(C)(O3)C(OC3O[C@H](C)CC(N(C)C)C3O)[C@H]2C)O[C@@H](C)C1O. The van der Waals surface area contributed by atoms with E-state index >= 15 is 0 Å². The summed E-state index contributed by atoms with van der Waals surface area (Å²) in [4.78, 5) is 30.1. The van der Waals surface area contributed by atoms with Gasteiger partial charge < -0.3 is 48.3 Å². The van der Waals surface area contributed by atoms with Crippen LogP contribution in [0.5, 0.6) is 0 Å². The number of rotatable bonds is 6. The molecule has 0 aromatic carbocycles. The minimum Gasteiger partial charge on any atom is -0.488 e. The molecule has 12 nitrogen and oxygen atoms in total. The first-order valence-electron chi connectivity index (χ1n) is 17.9. The van der Waals surface area contributed by atoms with Crippen LogP contribution in [0.15, 0.2) is 11.3 Å². The van der Waals surface area contributed by atoms with Crippen molar-refractivity contribution in [1.29, 1.82) is 0 Å². The van der Waals surface area contributed by atoms with Crippen molar-refractivity contribution >= 4 is 11.8 Å². The molecule has 4 aliphatic heterocycles. The Kier molecular flexibility index (Phi) is 12.1. The number of hydrogen-bond donors (Lipinski definition) is 2. The summed E-state index contributed by atoms with van der Waals surface area (Å²) in [6.07, 6.45) is -5.69. The number of carbonyl (C=O) groups excluding carboxylic acids is 2. The lowest BCUT2D eigenvalue weighted by Gasteiger charge is -2.48. The van der Waals surface area contributed by atoms with Crippen molar-refractivity contribution in [2.45, 2.75) is 168 Å². The Morgan fingerprint density at radius 1 is 0.939 bits per heavy atom. The van der Waals surface area contributed by atoms with E-state index in [9.17, 15) is 19.8 Å². The number of nitrogens with zero attached hydrogens (tertiary/aromatic N) is 1. The summed E-state index contributed by atoms with van der Waals surface area (Å²) in [6.45, 7) is 20.2. The molecule has 12 heteroatoms. The van der Waals surface area contributed by atoms with E-state index in [-0.39, 0.29) is 24.3 Å². The third-order valence-corrected chi connectivity index (χ3v) is 11.9. The maximum atomic E-state index is 14.1. The summed E-state index contributed by atoms with van der Waals surface area (Å²) in [5.41, 5.74) is -2.09. The number of allylic oxidation sites excluding steroid dienone is 1. The van der Waals surface area contributed by atoms with Crippen molar-refractivity contribution in [3.8, 4) is 0 Å². The summed E-state index contributed by atoms with van der Waals surface area (Å²) >= 11 is 0. The molecule has 2 bridgehead atoms. The molecule has 2 N–H and O–H groups in total. The van der Waals surface area contributed by atoms with E-state index in [4.69, 9.17) is 33.2 Å². The normalized spacial score (nSPS) is 46.8. The minimum atomic E-state index is -1.03. The van der Waals surface area contributed by atoms with Gasteiger partial charge in [0.05, 0.1) is 41.2 Å². The Hall–Kier alpha value is -1.64. The minimum absolute atomic E-state index is 0.104. The monoisotopic (exact) mass is 697 g/mol. The number of cyclic esters (lactones) is 1. The van der Waals surface area contributed by atoms with Crippen LogP contribution >= 0.6 is 0 Å². The lowest BCUT2D eigenvalue weighted by atomic mass is 9.76. The fourth-order valence-corrected chi connectivity index (χ4v) is 8.31. The molecule has 0 aliphatic carbocycles. The van der Waals surface area contributed by atoms with Gasteiger partial charge in [-0.25, -0.2) is 0 Å². The molecule has 4 rings (SSSR count). The van der Waals surface area contributed by atoms with Gasteiger partial charge in [-0.05, 0) is 95.3 Å². The van der Waals surface area contributed by atoms with E-state index in [0.717, 1.165) is 5.57 Å². The molecule has 0 spiro atoms. The van der Waals surface area contributed by atoms with Crippen LogP contribution < -0.4 is 0 Å². The zero-order valence-electron chi connectivity index (χ0n) is 32.1. The topological polar surface area (TPSA) is 142 Å². The van der Waals surface area contributed by atoms with E-state index in [1.165, 1.54) is 7.11 Å². The van der Waals surface area contributed by atoms with Crippen molar-refractivity contribution in [1.82, 2.24) is 4.90 Å². The molecular formula is C37H63NO11. The molecule has 0 saturated carbocycles. The second kappa shape index (κ2) is 14.8. The highest BCUT2D eigenvalue weighted by Gasteiger charge is 2.55. The Balaban J connectivity index is 1.83. The molecule has 0 radical (unpaired) electrons. The van der Waals surface area contributed by atoms with Crippen LogP contribution in [0.1, 0.15) is 95.4 Å². The van der Waals surface area contributed by atoms with Crippen LogP contribution in [0.25, 0.3) is 0 Å². The fourth-order valence-electron chi connectivity index (χ4n) is 8.31. The average Bonchev–Trinajstić information content (AvgIpc) is 3.34. The molecule has 3 saturated heterocycles. The van der Waals surface area contributed by atoms with Crippen molar-refractivity contribution in [3.05, 3.63) is 11.3 Å². The first-order chi connectivity index (χ1) is 22.6. The highest BCUT2D eigenvalue weighted by Crippen LogP contribution is 2.47. The number of ketones is 1. The molecule has 0 amide bonds. The molecule has 49 heavy (non-hydrogen) atoms. The number of carbonyl (C=O) groups is 2. The van der Waals surface area contributed by atoms with E-state index in [0.29, 0.717) is 18.6 Å². The second-order valence-corrected chi connectivity index (χ2v) is 16.4. The zero-order chi connectivity index (χ0) is 37.0. The van der Waals surface area contributed by atoms with Gasteiger partial charge in [0.1, 0.15) is 35.8 Å². The molecule has 15 atom stereocenters. The van der Waals surface area contributed by atoms with Crippen molar-refractivity contribution in [3.63, 3.8) is 0 Å².